The van der Waals surface area contributed by atoms with Gasteiger partial charge in [-0.1, -0.05) is 71.2 Å². The molecule has 0 bridgehead atoms. The Morgan fingerprint density at radius 3 is 2.29 bits per heavy atom. The predicted octanol–water partition coefficient (Wildman–Crippen LogP) is 6.28. The molecule has 3 aromatic carbocycles. The van der Waals surface area contributed by atoms with Gasteiger partial charge in [0.2, 0.25) is 5.91 Å². The number of rotatable bonds is 11. The number of sulfonamides is 1. The molecule has 0 saturated carbocycles. The summed E-state index contributed by atoms with van der Waals surface area (Å²) in [7, 11) is -4.00. The van der Waals surface area contributed by atoms with Crippen molar-refractivity contribution < 1.29 is 13.2 Å². The summed E-state index contributed by atoms with van der Waals surface area (Å²) >= 11 is 20.0. The van der Waals surface area contributed by atoms with Gasteiger partial charge < -0.3 is 5.32 Å². The highest BCUT2D eigenvalue weighted by molar-refractivity contribution is 7.98. The Morgan fingerprint density at radius 1 is 0.882 bits per heavy atom. The molecule has 34 heavy (non-hydrogen) atoms. The fourth-order valence-electron chi connectivity index (χ4n) is 3.06. The second-order valence-corrected chi connectivity index (χ2v) is 11.5. The van der Waals surface area contributed by atoms with Gasteiger partial charge in [-0.2, -0.15) is 11.8 Å². The largest absolute Gasteiger partial charge is 0.354 e. The molecular formula is C24H23Cl3N2O3S2. The second kappa shape index (κ2) is 12.7. The molecule has 1 N–H and O–H groups in total. The number of hydrogen-bond donors (Lipinski definition) is 1. The van der Waals surface area contributed by atoms with Gasteiger partial charge >= 0.3 is 0 Å². The minimum atomic E-state index is -4.00. The molecule has 0 heterocycles. The van der Waals surface area contributed by atoms with Crippen LogP contribution in [0.1, 0.15) is 12.0 Å². The molecule has 1 amide bonds. The molecule has 3 aromatic rings. The number of thioether (sulfide) groups is 1. The van der Waals surface area contributed by atoms with E-state index in [2.05, 4.69) is 5.32 Å². The Labute approximate surface area is 219 Å². The van der Waals surface area contributed by atoms with Crippen molar-refractivity contribution in [2.45, 2.75) is 17.1 Å². The van der Waals surface area contributed by atoms with Gasteiger partial charge in [0.1, 0.15) is 6.54 Å². The maximum absolute atomic E-state index is 13.3. The van der Waals surface area contributed by atoms with Gasteiger partial charge in [-0.25, -0.2) is 8.42 Å². The SMILES string of the molecule is O=C(CN(c1ccc(Cl)c(Cl)c1)S(=O)(=O)c1ccccc1)NCCCSCc1ccccc1Cl. The minimum Gasteiger partial charge on any atom is -0.354 e. The Kier molecular flexibility index (Phi) is 9.97. The zero-order valence-corrected chi connectivity index (χ0v) is 22.0. The number of carbonyl (C=O) groups excluding carboxylic acids is 1. The van der Waals surface area contributed by atoms with Crippen LogP contribution in [0.2, 0.25) is 15.1 Å². The third kappa shape index (κ3) is 7.30. The van der Waals surface area contributed by atoms with Gasteiger partial charge in [0.25, 0.3) is 10.0 Å². The molecule has 0 aliphatic rings. The highest BCUT2D eigenvalue weighted by Gasteiger charge is 2.27. The van der Waals surface area contributed by atoms with Crippen molar-refractivity contribution in [3.63, 3.8) is 0 Å². The summed E-state index contributed by atoms with van der Waals surface area (Å²) in [6, 6.07) is 20.1. The van der Waals surface area contributed by atoms with Crippen molar-refractivity contribution in [1.82, 2.24) is 5.32 Å². The van der Waals surface area contributed by atoms with Crippen molar-refractivity contribution in [2.24, 2.45) is 0 Å². The Balaban J connectivity index is 1.60. The monoisotopic (exact) mass is 556 g/mol. The average Bonchev–Trinajstić information content (AvgIpc) is 2.83. The molecule has 3 rings (SSSR count). The van der Waals surface area contributed by atoms with Crippen LogP contribution >= 0.6 is 46.6 Å². The van der Waals surface area contributed by atoms with Gasteiger partial charge in [0, 0.05) is 17.3 Å². The van der Waals surface area contributed by atoms with E-state index >= 15 is 0 Å². The van der Waals surface area contributed by atoms with Crippen LogP contribution in [-0.2, 0) is 20.6 Å². The van der Waals surface area contributed by atoms with E-state index in [0.29, 0.717) is 11.6 Å². The van der Waals surface area contributed by atoms with Crippen LogP contribution in [0.4, 0.5) is 5.69 Å². The number of nitrogens with one attached hydrogen (secondary N) is 1. The first-order valence-electron chi connectivity index (χ1n) is 10.4. The number of anilines is 1. The number of nitrogens with zero attached hydrogens (tertiary/aromatic N) is 1. The molecule has 0 saturated heterocycles. The molecule has 0 spiro atoms. The molecule has 0 aliphatic heterocycles. The summed E-state index contributed by atoms with van der Waals surface area (Å²) in [5.74, 6) is 1.19. The van der Waals surface area contributed by atoms with Crippen LogP contribution in [0.3, 0.4) is 0 Å². The molecule has 0 atom stereocenters. The van der Waals surface area contributed by atoms with E-state index in [1.54, 1.807) is 30.0 Å². The molecule has 5 nitrogen and oxygen atoms in total. The topological polar surface area (TPSA) is 66.5 Å². The lowest BCUT2D eigenvalue weighted by Crippen LogP contribution is -2.41. The fraction of sp³-hybridized carbons (Fsp3) is 0.208. The first-order valence-corrected chi connectivity index (χ1v) is 14.1. The summed E-state index contributed by atoms with van der Waals surface area (Å²) in [6.45, 7) is 0.0386. The summed E-state index contributed by atoms with van der Waals surface area (Å²) in [4.78, 5) is 12.7. The van der Waals surface area contributed by atoms with Gasteiger partial charge in [-0.3, -0.25) is 9.10 Å². The van der Waals surface area contributed by atoms with Gasteiger partial charge in [-0.15, -0.1) is 0 Å². The van der Waals surface area contributed by atoms with Crippen molar-refractivity contribution >= 4 is 68.2 Å². The lowest BCUT2D eigenvalue weighted by molar-refractivity contribution is -0.119. The van der Waals surface area contributed by atoms with Crippen LogP contribution in [0.15, 0.2) is 77.7 Å². The zero-order valence-electron chi connectivity index (χ0n) is 18.1. The molecule has 0 radical (unpaired) electrons. The lowest BCUT2D eigenvalue weighted by Gasteiger charge is -2.24. The van der Waals surface area contributed by atoms with Gasteiger partial charge in [0.15, 0.2) is 0 Å². The minimum absolute atomic E-state index is 0.0739. The standard InChI is InChI=1S/C24H23Cl3N2O3S2/c25-21-10-5-4-7-18(21)17-33-14-6-13-28-24(30)16-29(19-11-12-22(26)23(27)15-19)34(31,32)20-8-2-1-3-9-20/h1-5,7-12,15H,6,13-14,16-17H2,(H,28,30). The quantitative estimate of drug-likeness (QED) is 0.282. The fourth-order valence-corrected chi connectivity index (χ4v) is 6.03. The highest BCUT2D eigenvalue weighted by Crippen LogP contribution is 2.30. The van der Waals surface area contributed by atoms with E-state index in [-0.39, 0.29) is 22.2 Å². The summed E-state index contributed by atoms with van der Waals surface area (Å²) in [5, 5.41) is 4.03. The van der Waals surface area contributed by atoms with E-state index in [1.807, 2.05) is 24.3 Å². The van der Waals surface area contributed by atoms with Crippen LogP contribution in [0.25, 0.3) is 0 Å². The van der Waals surface area contributed by atoms with E-state index < -0.39 is 15.9 Å². The summed E-state index contributed by atoms with van der Waals surface area (Å²) < 4.78 is 27.6. The van der Waals surface area contributed by atoms with Crippen LogP contribution in [0, 0.1) is 0 Å². The number of hydrogen-bond acceptors (Lipinski definition) is 4. The Hall–Kier alpha value is -1.90. The smallest absolute Gasteiger partial charge is 0.264 e. The molecular weight excluding hydrogens is 535 g/mol. The molecule has 10 heteroatoms. The van der Waals surface area contributed by atoms with Crippen molar-refractivity contribution in [2.75, 3.05) is 23.1 Å². The van der Waals surface area contributed by atoms with Crippen LogP contribution < -0.4 is 9.62 Å². The van der Waals surface area contributed by atoms with E-state index in [4.69, 9.17) is 34.8 Å². The molecule has 180 valence electrons. The maximum Gasteiger partial charge on any atom is 0.264 e. The number of halogens is 3. The second-order valence-electron chi connectivity index (χ2n) is 7.27. The zero-order chi connectivity index (χ0) is 24.6. The van der Waals surface area contributed by atoms with Gasteiger partial charge in [-0.05, 0) is 54.1 Å². The summed E-state index contributed by atoms with van der Waals surface area (Å²) in [6.07, 6.45) is 0.735. The molecule has 0 aliphatic carbocycles. The van der Waals surface area contributed by atoms with E-state index in [0.717, 1.165) is 32.8 Å². The first-order chi connectivity index (χ1) is 16.3. The number of benzene rings is 3. The normalized spacial score (nSPS) is 11.3. The average molecular weight is 558 g/mol. The van der Waals surface area contributed by atoms with E-state index in [1.165, 1.54) is 30.3 Å². The van der Waals surface area contributed by atoms with Crippen LogP contribution in [-0.4, -0.2) is 33.2 Å². The maximum atomic E-state index is 13.3. The first kappa shape index (κ1) is 26.7. The lowest BCUT2D eigenvalue weighted by atomic mass is 10.2. The molecule has 0 fully saturated rings. The molecule has 0 aromatic heterocycles. The third-order valence-electron chi connectivity index (χ3n) is 4.81. The number of carbonyl (C=O) groups is 1. The third-order valence-corrected chi connectivity index (χ3v) is 8.80. The Bertz CT molecular complexity index is 1230. The molecule has 0 unspecified atom stereocenters. The van der Waals surface area contributed by atoms with Crippen molar-refractivity contribution in [3.05, 3.63) is 93.4 Å². The van der Waals surface area contributed by atoms with Crippen molar-refractivity contribution in [3.8, 4) is 0 Å². The van der Waals surface area contributed by atoms with Crippen molar-refractivity contribution in [1.29, 1.82) is 0 Å². The highest BCUT2D eigenvalue weighted by atomic mass is 35.5. The van der Waals surface area contributed by atoms with E-state index in [9.17, 15) is 13.2 Å². The van der Waals surface area contributed by atoms with Gasteiger partial charge in [0.05, 0.1) is 20.6 Å². The predicted molar refractivity (Wildman–Crippen MR) is 143 cm³/mol. The summed E-state index contributed by atoms with van der Waals surface area (Å²) in [5.41, 5.74) is 1.32. The van der Waals surface area contributed by atoms with Crippen LogP contribution in [0.5, 0.6) is 0 Å². The Morgan fingerprint density at radius 2 is 1.59 bits per heavy atom. The number of amides is 1.